The Bertz CT molecular complexity index is 1630. The number of hydrogen-bond acceptors (Lipinski definition) is 7. The van der Waals surface area contributed by atoms with Gasteiger partial charge in [-0.15, -0.1) is 0 Å². The number of alkyl halides is 5. The SMILES string of the molecule is C[C@@H](CCCn1ccc2cc(-c3nc(N)ncc3C(F)F)c(F)cc2c1=O)Nc1cn[nH]c(=O)c1C(F)(F)F. The number of pyridine rings is 1. The summed E-state index contributed by atoms with van der Waals surface area (Å²) in [4.78, 5) is 31.9. The van der Waals surface area contributed by atoms with Gasteiger partial charge in [-0.05, 0) is 43.4 Å². The van der Waals surface area contributed by atoms with E-state index in [1.807, 2.05) is 0 Å². The Morgan fingerprint density at radius 1 is 1.18 bits per heavy atom. The number of fused-ring (bicyclic) bond motifs is 1. The maximum absolute atomic E-state index is 15.0. The lowest BCUT2D eigenvalue weighted by molar-refractivity contribution is -0.138. The molecule has 4 N–H and O–H groups in total. The van der Waals surface area contributed by atoms with Crippen molar-refractivity contribution >= 4 is 22.4 Å². The third-order valence-electron chi connectivity index (χ3n) is 5.97. The number of H-pyrrole nitrogens is 1. The molecule has 0 aliphatic rings. The van der Waals surface area contributed by atoms with Crippen molar-refractivity contribution in [1.29, 1.82) is 0 Å². The summed E-state index contributed by atoms with van der Waals surface area (Å²) in [6, 6.07) is 3.14. The van der Waals surface area contributed by atoms with E-state index in [-0.39, 0.29) is 34.5 Å². The minimum absolute atomic E-state index is 0.00467. The highest BCUT2D eigenvalue weighted by molar-refractivity contribution is 5.87. The molecular weight excluding hydrogens is 532 g/mol. The van der Waals surface area contributed by atoms with Crippen LogP contribution >= 0.6 is 0 Å². The number of hydrogen-bond donors (Lipinski definition) is 3. The topological polar surface area (TPSA) is 132 Å². The summed E-state index contributed by atoms with van der Waals surface area (Å²) in [5, 5.41) is 8.06. The number of nitrogens with two attached hydrogens (primary N) is 1. The van der Waals surface area contributed by atoms with Gasteiger partial charge in [0, 0.05) is 30.5 Å². The molecule has 0 spiro atoms. The number of halogens is 6. The number of aromatic nitrogens is 5. The second kappa shape index (κ2) is 10.7. The Hall–Kier alpha value is -4.43. The lowest BCUT2D eigenvalue weighted by Gasteiger charge is -2.18. The summed E-state index contributed by atoms with van der Waals surface area (Å²) >= 11 is 0. The molecule has 0 unspecified atom stereocenters. The highest BCUT2D eigenvalue weighted by atomic mass is 19.4. The molecule has 3 heterocycles. The van der Waals surface area contributed by atoms with Gasteiger partial charge >= 0.3 is 6.18 Å². The second-order valence-electron chi connectivity index (χ2n) is 8.74. The van der Waals surface area contributed by atoms with Crippen molar-refractivity contribution in [2.45, 2.75) is 45.0 Å². The van der Waals surface area contributed by atoms with Crippen LogP contribution in [-0.4, -0.2) is 30.8 Å². The van der Waals surface area contributed by atoms with Crippen LogP contribution in [0.1, 0.15) is 37.3 Å². The molecule has 0 bridgehead atoms. The third kappa shape index (κ3) is 5.86. The maximum atomic E-state index is 15.0. The number of nitrogen functional groups attached to an aromatic ring is 1. The van der Waals surface area contributed by atoms with Gasteiger partial charge in [0.05, 0.1) is 28.5 Å². The lowest BCUT2D eigenvalue weighted by Crippen LogP contribution is -2.27. The molecule has 0 aliphatic heterocycles. The molecule has 4 rings (SSSR count). The van der Waals surface area contributed by atoms with Crippen molar-refractivity contribution in [2.24, 2.45) is 0 Å². The monoisotopic (exact) mass is 553 g/mol. The van der Waals surface area contributed by atoms with Gasteiger partial charge in [-0.3, -0.25) is 9.59 Å². The normalized spacial score (nSPS) is 12.7. The predicted octanol–water partition coefficient (Wildman–Crippen LogP) is 4.50. The van der Waals surface area contributed by atoms with E-state index < -0.39 is 52.4 Å². The van der Waals surface area contributed by atoms with E-state index in [0.29, 0.717) is 12.8 Å². The fourth-order valence-corrected chi connectivity index (χ4v) is 4.14. The van der Waals surface area contributed by atoms with Crippen molar-refractivity contribution in [3.63, 3.8) is 0 Å². The molecule has 0 aliphatic carbocycles. The van der Waals surface area contributed by atoms with Crippen LogP contribution in [0, 0.1) is 5.82 Å². The third-order valence-corrected chi connectivity index (χ3v) is 5.97. The number of aromatic amines is 1. The number of nitrogens with one attached hydrogen (secondary N) is 2. The van der Waals surface area contributed by atoms with Crippen molar-refractivity contribution in [3.8, 4) is 11.3 Å². The van der Waals surface area contributed by atoms with Gasteiger partial charge in [0.25, 0.3) is 17.5 Å². The summed E-state index contributed by atoms with van der Waals surface area (Å²) in [6.45, 7) is 1.76. The highest BCUT2D eigenvalue weighted by Crippen LogP contribution is 2.33. The molecule has 0 saturated carbocycles. The van der Waals surface area contributed by atoms with Crippen molar-refractivity contribution < 1.29 is 26.3 Å². The molecule has 9 nitrogen and oxygen atoms in total. The summed E-state index contributed by atoms with van der Waals surface area (Å²) in [6.07, 6.45) is -4.08. The fraction of sp³-hybridized carbons (Fsp3) is 0.292. The number of nitrogens with zero attached hydrogens (tertiary/aromatic N) is 4. The molecule has 4 aromatic rings. The van der Waals surface area contributed by atoms with E-state index in [1.54, 1.807) is 12.0 Å². The molecule has 1 aromatic carbocycles. The zero-order chi connectivity index (χ0) is 28.5. The van der Waals surface area contributed by atoms with Gasteiger partial charge in [-0.25, -0.2) is 28.2 Å². The van der Waals surface area contributed by atoms with Gasteiger partial charge in [-0.2, -0.15) is 18.3 Å². The number of anilines is 2. The summed E-state index contributed by atoms with van der Waals surface area (Å²) in [5.41, 5.74) is 0.467. The first kappa shape index (κ1) is 27.6. The number of benzene rings is 1. The molecule has 1 atom stereocenters. The number of rotatable bonds is 8. The average molecular weight is 553 g/mol. The van der Waals surface area contributed by atoms with Crippen LogP contribution in [0.25, 0.3) is 22.0 Å². The van der Waals surface area contributed by atoms with Crippen LogP contribution in [-0.2, 0) is 12.7 Å². The Morgan fingerprint density at radius 2 is 1.92 bits per heavy atom. The van der Waals surface area contributed by atoms with Crippen LogP contribution in [0.5, 0.6) is 0 Å². The lowest BCUT2D eigenvalue weighted by atomic mass is 10.0. The molecule has 0 radical (unpaired) electrons. The molecule has 0 fully saturated rings. The van der Waals surface area contributed by atoms with E-state index >= 15 is 0 Å². The summed E-state index contributed by atoms with van der Waals surface area (Å²) < 4.78 is 82.8. The molecule has 15 heteroatoms. The Balaban J connectivity index is 1.52. The van der Waals surface area contributed by atoms with Crippen LogP contribution in [0.4, 0.5) is 38.0 Å². The fourth-order valence-electron chi connectivity index (χ4n) is 4.14. The first-order valence-electron chi connectivity index (χ1n) is 11.5. The predicted molar refractivity (Wildman–Crippen MR) is 131 cm³/mol. The first-order valence-corrected chi connectivity index (χ1v) is 11.5. The van der Waals surface area contributed by atoms with E-state index in [1.165, 1.54) is 22.9 Å². The quantitative estimate of drug-likeness (QED) is 0.274. The van der Waals surface area contributed by atoms with E-state index in [0.717, 1.165) is 18.5 Å². The van der Waals surface area contributed by atoms with Crippen molar-refractivity contribution in [3.05, 3.63) is 74.4 Å². The van der Waals surface area contributed by atoms with Crippen LogP contribution in [0.15, 0.2) is 46.4 Å². The van der Waals surface area contributed by atoms with Crippen molar-refractivity contribution in [1.82, 2.24) is 24.7 Å². The highest BCUT2D eigenvalue weighted by Gasteiger charge is 2.37. The molecule has 0 amide bonds. The number of aryl methyl sites for hydroxylation is 1. The Morgan fingerprint density at radius 3 is 2.62 bits per heavy atom. The largest absolute Gasteiger partial charge is 0.423 e. The van der Waals surface area contributed by atoms with Gasteiger partial charge in [0.15, 0.2) is 0 Å². The van der Waals surface area contributed by atoms with Gasteiger partial charge in [-0.1, -0.05) is 0 Å². The molecule has 206 valence electrons. The first-order chi connectivity index (χ1) is 18.4. The van der Waals surface area contributed by atoms with E-state index in [4.69, 9.17) is 5.73 Å². The Kier molecular flexibility index (Phi) is 7.60. The Labute approximate surface area is 215 Å². The van der Waals surface area contributed by atoms with Crippen LogP contribution in [0.3, 0.4) is 0 Å². The minimum Gasteiger partial charge on any atom is -0.381 e. The maximum Gasteiger partial charge on any atom is 0.423 e. The van der Waals surface area contributed by atoms with E-state index in [2.05, 4.69) is 20.4 Å². The summed E-state index contributed by atoms with van der Waals surface area (Å²) in [5.74, 6) is -1.28. The second-order valence-corrected chi connectivity index (χ2v) is 8.74. The van der Waals surface area contributed by atoms with Gasteiger partial charge < -0.3 is 15.6 Å². The zero-order valence-corrected chi connectivity index (χ0v) is 20.2. The van der Waals surface area contributed by atoms with E-state index in [9.17, 15) is 35.9 Å². The molecular formula is C24H21F6N7O2. The van der Waals surface area contributed by atoms with Gasteiger partial charge in [0.2, 0.25) is 5.95 Å². The van der Waals surface area contributed by atoms with Crippen LogP contribution in [0.2, 0.25) is 0 Å². The average Bonchev–Trinajstić information content (AvgIpc) is 2.84. The zero-order valence-electron chi connectivity index (χ0n) is 20.2. The molecule has 39 heavy (non-hydrogen) atoms. The standard InChI is InChI=1S/C24H21F6N7O2/c1-11(34-17-10-33-36-21(38)18(17)24(28,29)30)3-2-5-37-6-4-12-7-14(16(25)8-13(12)22(37)39)19-15(20(26)27)9-32-23(31)35-19/h4,6-11,20H,2-3,5H2,1H3,(H2,31,32,35)(H2,34,36,38)/t11-/m0/s1. The smallest absolute Gasteiger partial charge is 0.381 e. The van der Waals surface area contributed by atoms with Gasteiger partial charge in [0.1, 0.15) is 11.4 Å². The summed E-state index contributed by atoms with van der Waals surface area (Å²) in [7, 11) is 0. The minimum atomic E-state index is -4.88. The van der Waals surface area contributed by atoms with Crippen LogP contribution < -0.4 is 22.2 Å². The van der Waals surface area contributed by atoms with Crippen molar-refractivity contribution in [2.75, 3.05) is 11.1 Å². The molecule has 0 saturated heterocycles. The molecule has 3 aromatic heterocycles.